The van der Waals surface area contributed by atoms with Crippen molar-refractivity contribution in [2.45, 2.75) is 31.1 Å². The minimum absolute atomic E-state index is 0.197. The SMILES string of the molecule is O=C(O)C1CCCN(C(=O)NCC2(c3ccc4c(c3)OCO4)CCOCC2)C1. The van der Waals surface area contributed by atoms with Gasteiger partial charge in [0.05, 0.1) is 5.92 Å². The van der Waals surface area contributed by atoms with Crippen molar-refractivity contribution in [1.29, 1.82) is 0 Å². The average Bonchev–Trinajstić information content (AvgIpc) is 3.20. The van der Waals surface area contributed by atoms with Gasteiger partial charge in [0.15, 0.2) is 11.5 Å². The third-order valence-electron chi connectivity index (χ3n) is 6.07. The molecular formula is C20H26N2O6. The maximum Gasteiger partial charge on any atom is 0.317 e. The highest BCUT2D eigenvalue weighted by Gasteiger charge is 2.37. The number of hydrogen-bond donors (Lipinski definition) is 2. The molecule has 8 heteroatoms. The number of amides is 2. The molecule has 2 fully saturated rings. The summed E-state index contributed by atoms with van der Waals surface area (Å²) in [5.41, 5.74) is 0.860. The normalized spacial score (nSPS) is 23.3. The number of urea groups is 1. The fraction of sp³-hybridized carbons (Fsp3) is 0.600. The molecule has 3 aliphatic heterocycles. The van der Waals surface area contributed by atoms with Gasteiger partial charge in [-0.3, -0.25) is 4.79 Å². The molecule has 0 saturated carbocycles. The Morgan fingerprint density at radius 2 is 2.00 bits per heavy atom. The minimum Gasteiger partial charge on any atom is -0.481 e. The van der Waals surface area contributed by atoms with Gasteiger partial charge in [-0.1, -0.05) is 6.07 Å². The predicted molar refractivity (Wildman–Crippen MR) is 99.6 cm³/mol. The zero-order valence-corrected chi connectivity index (χ0v) is 15.8. The van der Waals surface area contributed by atoms with E-state index < -0.39 is 11.9 Å². The summed E-state index contributed by atoms with van der Waals surface area (Å²) >= 11 is 0. The van der Waals surface area contributed by atoms with E-state index >= 15 is 0 Å². The van der Waals surface area contributed by atoms with Gasteiger partial charge >= 0.3 is 12.0 Å². The first-order chi connectivity index (χ1) is 13.6. The summed E-state index contributed by atoms with van der Waals surface area (Å²) in [5, 5.41) is 12.3. The molecule has 4 rings (SSSR count). The fourth-order valence-electron chi connectivity index (χ4n) is 4.28. The van der Waals surface area contributed by atoms with Crippen molar-refractivity contribution in [1.82, 2.24) is 10.2 Å². The number of hydrogen-bond acceptors (Lipinski definition) is 5. The number of piperidine rings is 1. The molecule has 2 amide bonds. The van der Waals surface area contributed by atoms with E-state index in [1.165, 1.54) is 0 Å². The maximum atomic E-state index is 12.7. The molecule has 3 heterocycles. The van der Waals surface area contributed by atoms with Crippen molar-refractivity contribution in [2.24, 2.45) is 5.92 Å². The molecule has 1 atom stereocenters. The molecule has 28 heavy (non-hydrogen) atoms. The van der Waals surface area contributed by atoms with E-state index in [0.717, 1.165) is 29.9 Å². The summed E-state index contributed by atoms with van der Waals surface area (Å²) in [7, 11) is 0. The zero-order valence-electron chi connectivity index (χ0n) is 15.8. The minimum atomic E-state index is -0.834. The summed E-state index contributed by atoms with van der Waals surface area (Å²) in [4.78, 5) is 25.6. The van der Waals surface area contributed by atoms with Crippen LogP contribution in [0.3, 0.4) is 0 Å². The Labute approximate surface area is 163 Å². The van der Waals surface area contributed by atoms with Gasteiger partial charge in [0.25, 0.3) is 0 Å². The van der Waals surface area contributed by atoms with Gasteiger partial charge in [0, 0.05) is 38.3 Å². The Morgan fingerprint density at radius 3 is 2.79 bits per heavy atom. The van der Waals surface area contributed by atoms with Gasteiger partial charge in [-0.25, -0.2) is 4.79 Å². The van der Waals surface area contributed by atoms with Crippen molar-refractivity contribution >= 4 is 12.0 Å². The number of aliphatic carboxylic acids is 1. The summed E-state index contributed by atoms with van der Waals surface area (Å²) in [5.74, 6) is 0.155. The van der Waals surface area contributed by atoms with Crippen LogP contribution in [0, 0.1) is 5.92 Å². The van der Waals surface area contributed by atoms with Crippen LogP contribution in [0.5, 0.6) is 11.5 Å². The number of nitrogens with one attached hydrogen (secondary N) is 1. The third kappa shape index (κ3) is 3.73. The lowest BCUT2D eigenvalue weighted by atomic mass is 9.74. The molecule has 0 radical (unpaired) electrons. The number of rotatable bonds is 4. The summed E-state index contributed by atoms with van der Waals surface area (Å²) in [6, 6.07) is 5.75. The first-order valence-corrected chi connectivity index (χ1v) is 9.81. The second-order valence-electron chi connectivity index (χ2n) is 7.74. The molecule has 0 spiro atoms. The van der Waals surface area contributed by atoms with Crippen molar-refractivity contribution in [2.75, 3.05) is 39.6 Å². The van der Waals surface area contributed by atoms with Crippen LogP contribution in [0.25, 0.3) is 0 Å². The van der Waals surface area contributed by atoms with E-state index in [1.54, 1.807) is 4.90 Å². The monoisotopic (exact) mass is 390 g/mol. The molecule has 0 bridgehead atoms. The number of benzene rings is 1. The average molecular weight is 390 g/mol. The van der Waals surface area contributed by atoms with Gasteiger partial charge in [-0.05, 0) is 43.4 Å². The second kappa shape index (κ2) is 7.87. The Morgan fingerprint density at radius 1 is 1.21 bits per heavy atom. The van der Waals surface area contributed by atoms with Crippen LogP contribution in [-0.2, 0) is 14.9 Å². The van der Waals surface area contributed by atoms with E-state index in [2.05, 4.69) is 5.32 Å². The number of carboxylic acids is 1. The number of carbonyl (C=O) groups excluding carboxylic acids is 1. The Bertz CT molecular complexity index is 746. The quantitative estimate of drug-likeness (QED) is 0.816. The molecule has 1 aromatic rings. The molecule has 8 nitrogen and oxygen atoms in total. The lowest BCUT2D eigenvalue weighted by Crippen LogP contribution is -2.51. The van der Waals surface area contributed by atoms with E-state index in [4.69, 9.17) is 14.2 Å². The van der Waals surface area contributed by atoms with Crippen LogP contribution in [0.1, 0.15) is 31.2 Å². The number of ether oxygens (including phenoxy) is 3. The molecule has 0 aromatic heterocycles. The maximum absolute atomic E-state index is 12.7. The third-order valence-corrected chi connectivity index (χ3v) is 6.07. The highest BCUT2D eigenvalue weighted by atomic mass is 16.7. The standard InChI is InChI=1S/C20H26N2O6/c23-18(24)14-2-1-7-22(11-14)19(25)21-12-20(5-8-26-9-6-20)15-3-4-16-17(10-15)28-13-27-16/h3-4,10,14H,1-2,5-9,11-13H2,(H,21,25)(H,23,24). The van der Waals surface area contributed by atoms with E-state index in [1.807, 2.05) is 18.2 Å². The van der Waals surface area contributed by atoms with Gasteiger partial charge in [0.1, 0.15) is 0 Å². The van der Waals surface area contributed by atoms with Crippen LogP contribution in [0.15, 0.2) is 18.2 Å². The Kier molecular flexibility index (Phi) is 5.30. The van der Waals surface area contributed by atoms with E-state index in [9.17, 15) is 14.7 Å². The topological polar surface area (TPSA) is 97.3 Å². The van der Waals surface area contributed by atoms with Gasteiger partial charge in [0.2, 0.25) is 6.79 Å². The summed E-state index contributed by atoms with van der Waals surface area (Å²) < 4.78 is 16.5. The molecule has 3 aliphatic rings. The van der Waals surface area contributed by atoms with Crippen molar-refractivity contribution in [3.05, 3.63) is 23.8 Å². The summed E-state index contributed by atoms with van der Waals surface area (Å²) in [6.45, 7) is 2.83. The number of likely N-dealkylation sites (tertiary alicyclic amines) is 1. The number of fused-ring (bicyclic) bond motifs is 1. The molecule has 152 valence electrons. The smallest absolute Gasteiger partial charge is 0.317 e. The number of carboxylic acid groups (broad SMARTS) is 1. The lowest BCUT2D eigenvalue weighted by molar-refractivity contribution is -0.143. The van der Waals surface area contributed by atoms with Crippen LogP contribution in [0.4, 0.5) is 4.79 Å². The number of carbonyl (C=O) groups is 2. The highest BCUT2D eigenvalue weighted by Crippen LogP contribution is 2.40. The second-order valence-corrected chi connectivity index (χ2v) is 7.74. The van der Waals surface area contributed by atoms with Crippen LogP contribution >= 0.6 is 0 Å². The van der Waals surface area contributed by atoms with E-state index in [0.29, 0.717) is 39.1 Å². The molecule has 2 N–H and O–H groups in total. The zero-order chi connectivity index (χ0) is 19.6. The molecule has 1 unspecified atom stereocenters. The van der Waals surface area contributed by atoms with Crippen molar-refractivity contribution < 1.29 is 28.9 Å². The van der Waals surface area contributed by atoms with Gasteiger partial charge in [-0.2, -0.15) is 0 Å². The highest BCUT2D eigenvalue weighted by molar-refractivity contribution is 5.76. The van der Waals surface area contributed by atoms with Gasteiger partial charge in [-0.15, -0.1) is 0 Å². The van der Waals surface area contributed by atoms with Crippen LogP contribution < -0.4 is 14.8 Å². The summed E-state index contributed by atoms with van der Waals surface area (Å²) in [6.07, 6.45) is 2.93. The molecular weight excluding hydrogens is 364 g/mol. The molecule has 1 aromatic carbocycles. The van der Waals surface area contributed by atoms with Crippen LogP contribution in [-0.4, -0.2) is 61.6 Å². The van der Waals surface area contributed by atoms with E-state index in [-0.39, 0.29) is 24.8 Å². The molecule has 2 saturated heterocycles. The molecule has 0 aliphatic carbocycles. The van der Waals surface area contributed by atoms with Crippen molar-refractivity contribution in [3.63, 3.8) is 0 Å². The first kappa shape index (κ1) is 18.9. The number of nitrogens with zero attached hydrogens (tertiary/aromatic N) is 1. The van der Waals surface area contributed by atoms with Gasteiger partial charge < -0.3 is 29.5 Å². The van der Waals surface area contributed by atoms with Crippen LogP contribution in [0.2, 0.25) is 0 Å². The lowest BCUT2D eigenvalue weighted by Gasteiger charge is -2.39. The van der Waals surface area contributed by atoms with Crippen molar-refractivity contribution in [3.8, 4) is 11.5 Å². The predicted octanol–water partition coefficient (Wildman–Crippen LogP) is 1.97. The fourth-order valence-corrected chi connectivity index (χ4v) is 4.28. The first-order valence-electron chi connectivity index (χ1n) is 9.81. The Hall–Kier alpha value is -2.48. The largest absolute Gasteiger partial charge is 0.481 e. The Balaban J connectivity index is 1.46.